The van der Waals surface area contributed by atoms with E-state index in [0.717, 1.165) is 12.5 Å². The Kier molecular flexibility index (Phi) is 2.18. The van der Waals surface area contributed by atoms with Crippen LogP contribution >= 0.6 is 11.3 Å². The van der Waals surface area contributed by atoms with Crippen molar-refractivity contribution in [2.45, 2.75) is 12.8 Å². The lowest BCUT2D eigenvalue weighted by Crippen LogP contribution is -2.01. The Hall–Kier alpha value is -1.10. The first-order valence-electron chi connectivity index (χ1n) is 4.18. The average Bonchev–Trinajstić information content (AvgIpc) is 2.79. The monoisotopic (exact) mass is 198 g/mol. The Morgan fingerprint density at radius 3 is 3.08 bits per heavy atom. The number of aromatic carboxylic acids is 1. The topological polar surface area (TPSA) is 62.2 Å². The highest BCUT2D eigenvalue weighted by Crippen LogP contribution is 2.29. The number of carbonyl (C=O) groups is 1. The first-order valence-corrected chi connectivity index (χ1v) is 5.00. The first-order chi connectivity index (χ1) is 6.25. The van der Waals surface area contributed by atoms with Gasteiger partial charge in [0, 0.05) is 6.54 Å². The van der Waals surface area contributed by atoms with Gasteiger partial charge in [-0.3, -0.25) is 0 Å². The van der Waals surface area contributed by atoms with Crippen molar-refractivity contribution in [3.05, 3.63) is 11.1 Å². The number of carboxylic acids is 1. The summed E-state index contributed by atoms with van der Waals surface area (Å²) in [6.45, 7) is 0.923. The second-order valence-electron chi connectivity index (χ2n) is 3.16. The van der Waals surface area contributed by atoms with Gasteiger partial charge in [-0.2, -0.15) is 0 Å². The predicted octanol–water partition coefficient (Wildman–Crippen LogP) is 1.66. The molecule has 4 nitrogen and oxygen atoms in total. The van der Waals surface area contributed by atoms with Crippen molar-refractivity contribution in [2.24, 2.45) is 5.92 Å². The van der Waals surface area contributed by atoms with E-state index >= 15 is 0 Å². The number of nitrogens with one attached hydrogen (secondary N) is 1. The van der Waals surface area contributed by atoms with Crippen LogP contribution in [0.3, 0.4) is 0 Å². The van der Waals surface area contributed by atoms with Gasteiger partial charge >= 0.3 is 5.97 Å². The second-order valence-corrected chi connectivity index (χ2v) is 4.19. The van der Waals surface area contributed by atoms with Gasteiger partial charge in [0.25, 0.3) is 0 Å². The zero-order valence-corrected chi connectivity index (χ0v) is 7.80. The van der Waals surface area contributed by atoms with Gasteiger partial charge in [0.2, 0.25) is 0 Å². The molecule has 0 radical (unpaired) electrons. The molecule has 1 aromatic heterocycles. The maximum absolute atomic E-state index is 10.5. The van der Waals surface area contributed by atoms with Gasteiger partial charge < -0.3 is 10.4 Å². The van der Waals surface area contributed by atoms with Crippen LogP contribution < -0.4 is 5.32 Å². The summed E-state index contributed by atoms with van der Waals surface area (Å²) in [5.41, 5.74) is 0. The van der Waals surface area contributed by atoms with Gasteiger partial charge in [-0.25, -0.2) is 9.78 Å². The van der Waals surface area contributed by atoms with Crippen LogP contribution in [-0.4, -0.2) is 22.6 Å². The van der Waals surface area contributed by atoms with E-state index in [2.05, 4.69) is 10.3 Å². The van der Waals surface area contributed by atoms with E-state index in [0.29, 0.717) is 10.0 Å². The summed E-state index contributed by atoms with van der Waals surface area (Å²) in [7, 11) is 0. The van der Waals surface area contributed by atoms with Crippen molar-refractivity contribution in [2.75, 3.05) is 11.9 Å². The van der Waals surface area contributed by atoms with E-state index in [4.69, 9.17) is 5.11 Å². The van der Waals surface area contributed by atoms with Crippen molar-refractivity contribution in [3.8, 4) is 0 Å². The quantitative estimate of drug-likeness (QED) is 0.772. The van der Waals surface area contributed by atoms with Gasteiger partial charge in [-0.1, -0.05) is 11.3 Å². The standard InChI is InChI=1S/C8H10N2O2S/c11-7(12)6-4-10-8(13-6)9-3-5-1-2-5/h4-5H,1-3H2,(H,9,10)(H,11,12). The fourth-order valence-electron chi connectivity index (χ4n) is 1.01. The molecule has 2 rings (SSSR count). The number of nitrogens with zero attached hydrogens (tertiary/aromatic N) is 1. The van der Waals surface area contributed by atoms with Crippen LogP contribution in [0.5, 0.6) is 0 Å². The van der Waals surface area contributed by atoms with E-state index in [9.17, 15) is 4.79 Å². The molecule has 1 aliphatic rings. The summed E-state index contributed by atoms with van der Waals surface area (Å²) >= 11 is 1.19. The van der Waals surface area contributed by atoms with Gasteiger partial charge in [-0.15, -0.1) is 0 Å². The molecule has 0 aliphatic heterocycles. The highest BCUT2D eigenvalue weighted by Gasteiger charge is 2.21. The van der Waals surface area contributed by atoms with Crippen molar-refractivity contribution < 1.29 is 9.90 Å². The molecule has 5 heteroatoms. The van der Waals surface area contributed by atoms with E-state index < -0.39 is 5.97 Å². The molecule has 1 aromatic rings. The third-order valence-electron chi connectivity index (χ3n) is 1.96. The van der Waals surface area contributed by atoms with Crippen molar-refractivity contribution >= 4 is 22.4 Å². The zero-order valence-electron chi connectivity index (χ0n) is 6.99. The smallest absolute Gasteiger partial charge is 0.347 e. The lowest BCUT2D eigenvalue weighted by atomic mass is 10.4. The van der Waals surface area contributed by atoms with Gasteiger partial charge in [0.1, 0.15) is 4.88 Å². The molecule has 13 heavy (non-hydrogen) atoms. The van der Waals surface area contributed by atoms with Crippen LogP contribution in [0.15, 0.2) is 6.20 Å². The lowest BCUT2D eigenvalue weighted by Gasteiger charge is -1.97. The third-order valence-corrected chi connectivity index (χ3v) is 2.90. The van der Waals surface area contributed by atoms with E-state index in [1.165, 1.54) is 30.4 Å². The highest BCUT2D eigenvalue weighted by atomic mass is 32.1. The molecule has 0 bridgehead atoms. The largest absolute Gasteiger partial charge is 0.477 e. The van der Waals surface area contributed by atoms with Gasteiger partial charge in [0.15, 0.2) is 5.13 Å². The zero-order chi connectivity index (χ0) is 9.26. The summed E-state index contributed by atoms with van der Waals surface area (Å²) in [5.74, 6) is -0.130. The molecule has 1 aliphatic carbocycles. The van der Waals surface area contributed by atoms with Crippen LogP contribution in [0.1, 0.15) is 22.5 Å². The Labute approximate surface area is 79.6 Å². The summed E-state index contributed by atoms with van der Waals surface area (Å²) in [4.78, 5) is 14.8. The van der Waals surface area contributed by atoms with Gasteiger partial charge in [-0.05, 0) is 18.8 Å². The van der Waals surface area contributed by atoms with Crippen LogP contribution in [0, 0.1) is 5.92 Å². The minimum Gasteiger partial charge on any atom is -0.477 e. The fourth-order valence-corrected chi connectivity index (χ4v) is 1.67. The van der Waals surface area contributed by atoms with Gasteiger partial charge in [0.05, 0.1) is 6.20 Å². The van der Waals surface area contributed by atoms with E-state index in [1.807, 2.05) is 0 Å². The number of hydrogen-bond acceptors (Lipinski definition) is 4. The minimum absolute atomic E-state index is 0.290. The third kappa shape index (κ3) is 2.18. The molecule has 70 valence electrons. The number of hydrogen-bond donors (Lipinski definition) is 2. The number of anilines is 1. The summed E-state index contributed by atoms with van der Waals surface area (Å²) in [6, 6.07) is 0. The van der Waals surface area contributed by atoms with Crippen LogP contribution in [0.2, 0.25) is 0 Å². The molecule has 1 heterocycles. The summed E-state index contributed by atoms with van der Waals surface area (Å²) in [5, 5.41) is 12.5. The molecule has 0 spiro atoms. The number of aromatic nitrogens is 1. The normalized spacial score (nSPS) is 15.7. The van der Waals surface area contributed by atoms with E-state index in [1.54, 1.807) is 0 Å². The number of thiazole rings is 1. The molecule has 0 atom stereocenters. The average molecular weight is 198 g/mol. The molecular formula is C8H10N2O2S. The Bertz CT molecular complexity index is 320. The predicted molar refractivity (Wildman–Crippen MR) is 50.3 cm³/mol. The highest BCUT2D eigenvalue weighted by molar-refractivity contribution is 7.17. The summed E-state index contributed by atoms with van der Waals surface area (Å²) in [6.07, 6.45) is 3.95. The number of rotatable bonds is 4. The summed E-state index contributed by atoms with van der Waals surface area (Å²) < 4.78 is 0. The first kappa shape index (κ1) is 8.50. The molecule has 0 saturated heterocycles. The van der Waals surface area contributed by atoms with Crippen LogP contribution in [0.4, 0.5) is 5.13 Å². The maximum atomic E-state index is 10.5. The fraction of sp³-hybridized carbons (Fsp3) is 0.500. The SMILES string of the molecule is O=C(O)c1cnc(NCC2CC2)s1. The minimum atomic E-state index is -0.906. The molecule has 0 aromatic carbocycles. The Morgan fingerprint density at radius 1 is 1.77 bits per heavy atom. The number of carboxylic acid groups (broad SMARTS) is 1. The molecular weight excluding hydrogens is 188 g/mol. The van der Waals surface area contributed by atoms with Crippen molar-refractivity contribution in [1.82, 2.24) is 4.98 Å². The second kappa shape index (κ2) is 3.33. The van der Waals surface area contributed by atoms with Crippen LogP contribution in [0.25, 0.3) is 0 Å². The van der Waals surface area contributed by atoms with E-state index in [-0.39, 0.29) is 0 Å². The van der Waals surface area contributed by atoms with Crippen LogP contribution in [-0.2, 0) is 0 Å². The molecule has 0 unspecified atom stereocenters. The molecule has 2 N–H and O–H groups in total. The lowest BCUT2D eigenvalue weighted by molar-refractivity contribution is 0.0702. The maximum Gasteiger partial charge on any atom is 0.347 e. The van der Waals surface area contributed by atoms with Crippen molar-refractivity contribution in [3.63, 3.8) is 0 Å². The molecule has 1 saturated carbocycles. The molecule has 1 fully saturated rings. The Morgan fingerprint density at radius 2 is 2.54 bits per heavy atom. The molecule has 0 amide bonds. The Balaban J connectivity index is 1.92. The van der Waals surface area contributed by atoms with Crippen molar-refractivity contribution in [1.29, 1.82) is 0 Å².